The van der Waals surface area contributed by atoms with Gasteiger partial charge in [-0.15, -0.1) is 0 Å². The molecule has 6 nitrogen and oxygen atoms in total. The smallest absolute Gasteiger partial charge is 0.339 e. The van der Waals surface area contributed by atoms with Crippen molar-refractivity contribution in [1.29, 1.82) is 0 Å². The van der Waals surface area contributed by atoms with Gasteiger partial charge in [0.2, 0.25) is 5.91 Å². The molecular formula is C14H16ClNO5. The van der Waals surface area contributed by atoms with E-state index in [9.17, 15) is 14.7 Å². The quantitative estimate of drug-likeness (QED) is 0.805. The molecule has 2 N–H and O–H groups in total. The van der Waals surface area contributed by atoms with Crippen molar-refractivity contribution in [1.82, 2.24) is 5.32 Å². The maximum Gasteiger partial charge on any atom is 0.339 e. The van der Waals surface area contributed by atoms with Crippen LogP contribution in [0.25, 0.3) is 0 Å². The maximum absolute atomic E-state index is 11.6. The number of carboxylic acids is 1. The van der Waals surface area contributed by atoms with Gasteiger partial charge in [-0.2, -0.15) is 0 Å². The van der Waals surface area contributed by atoms with Gasteiger partial charge in [-0.05, 0) is 18.9 Å². The molecule has 0 aliphatic heterocycles. The monoisotopic (exact) mass is 313 g/mol. The minimum atomic E-state index is -1.17. The number of ether oxygens (including phenoxy) is 2. The van der Waals surface area contributed by atoms with Crippen LogP contribution in [-0.2, 0) is 4.79 Å². The third-order valence-electron chi connectivity index (χ3n) is 2.99. The van der Waals surface area contributed by atoms with E-state index < -0.39 is 5.97 Å². The van der Waals surface area contributed by atoms with Gasteiger partial charge < -0.3 is 19.9 Å². The predicted molar refractivity (Wildman–Crippen MR) is 76.2 cm³/mol. The maximum atomic E-state index is 11.6. The molecule has 114 valence electrons. The highest BCUT2D eigenvalue weighted by molar-refractivity contribution is 6.31. The van der Waals surface area contributed by atoms with Gasteiger partial charge in [0.1, 0.15) is 5.56 Å². The molecule has 1 fully saturated rings. The Labute approximate surface area is 127 Å². The summed E-state index contributed by atoms with van der Waals surface area (Å²) in [5.41, 5.74) is -0.0954. The predicted octanol–water partition coefficient (Wildman–Crippen LogP) is 2.09. The van der Waals surface area contributed by atoms with Gasteiger partial charge in [-0.25, -0.2) is 4.79 Å². The second-order valence-electron chi connectivity index (χ2n) is 4.73. The molecule has 21 heavy (non-hydrogen) atoms. The summed E-state index contributed by atoms with van der Waals surface area (Å²) in [6.45, 7) is 0.0663. The summed E-state index contributed by atoms with van der Waals surface area (Å²) in [7, 11) is 1.39. The fraction of sp³-hybridized carbons (Fsp3) is 0.429. The fourth-order valence-corrected chi connectivity index (χ4v) is 2.01. The van der Waals surface area contributed by atoms with E-state index in [0.29, 0.717) is 0 Å². The Morgan fingerprint density at radius 1 is 1.43 bits per heavy atom. The topological polar surface area (TPSA) is 84.9 Å². The summed E-state index contributed by atoms with van der Waals surface area (Å²) in [4.78, 5) is 22.8. The Hall–Kier alpha value is -1.95. The van der Waals surface area contributed by atoms with Crippen LogP contribution >= 0.6 is 11.6 Å². The Kier molecular flexibility index (Phi) is 4.90. The number of rotatable bonds is 7. The lowest BCUT2D eigenvalue weighted by molar-refractivity contribution is -0.121. The molecule has 2 rings (SSSR count). The van der Waals surface area contributed by atoms with E-state index in [1.807, 2.05) is 0 Å². The number of carboxylic acid groups (broad SMARTS) is 1. The van der Waals surface area contributed by atoms with E-state index in [4.69, 9.17) is 21.1 Å². The second kappa shape index (κ2) is 6.67. The number of aromatic carboxylic acids is 1. The number of hydrogen-bond donors (Lipinski definition) is 2. The first-order valence-corrected chi connectivity index (χ1v) is 6.92. The molecule has 1 saturated carbocycles. The van der Waals surface area contributed by atoms with Crippen LogP contribution in [0.5, 0.6) is 11.5 Å². The van der Waals surface area contributed by atoms with Gasteiger partial charge in [0.05, 0.1) is 20.1 Å². The third kappa shape index (κ3) is 4.26. The SMILES string of the molecule is COc1cc(Cl)cc(C(=O)O)c1OCCC(=O)NC1CC1. The zero-order chi connectivity index (χ0) is 15.4. The number of carbonyl (C=O) groups is 2. The number of carbonyl (C=O) groups excluding carboxylic acids is 1. The van der Waals surface area contributed by atoms with Crippen LogP contribution in [0.4, 0.5) is 0 Å². The molecule has 0 bridgehead atoms. The van der Waals surface area contributed by atoms with Crippen LogP contribution in [0.3, 0.4) is 0 Å². The van der Waals surface area contributed by atoms with Gasteiger partial charge >= 0.3 is 5.97 Å². The largest absolute Gasteiger partial charge is 0.493 e. The average Bonchev–Trinajstić information content (AvgIpc) is 3.23. The first-order valence-electron chi connectivity index (χ1n) is 6.54. The first kappa shape index (κ1) is 15.4. The Balaban J connectivity index is 2.03. The van der Waals surface area contributed by atoms with Crippen molar-refractivity contribution in [3.8, 4) is 11.5 Å². The van der Waals surface area contributed by atoms with Crippen molar-refractivity contribution < 1.29 is 24.2 Å². The van der Waals surface area contributed by atoms with Crippen LogP contribution in [0.1, 0.15) is 29.6 Å². The van der Waals surface area contributed by atoms with Crippen LogP contribution in [-0.4, -0.2) is 36.7 Å². The van der Waals surface area contributed by atoms with Gasteiger partial charge in [-0.3, -0.25) is 4.79 Å². The lowest BCUT2D eigenvalue weighted by Crippen LogP contribution is -2.26. The Morgan fingerprint density at radius 2 is 2.14 bits per heavy atom. The summed E-state index contributed by atoms with van der Waals surface area (Å²) < 4.78 is 10.5. The highest BCUT2D eigenvalue weighted by Crippen LogP contribution is 2.34. The van der Waals surface area contributed by atoms with E-state index in [2.05, 4.69) is 5.32 Å². The minimum absolute atomic E-state index is 0.0663. The van der Waals surface area contributed by atoms with Crippen molar-refractivity contribution in [3.05, 3.63) is 22.7 Å². The van der Waals surface area contributed by atoms with Crippen LogP contribution < -0.4 is 14.8 Å². The summed E-state index contributed by atoms with van der Waals surface area (Å²) in [5.74, 6) is -0.980. The number of amides is 1. The summed E-state index contributed by atoms with van der Waals surface area (Å²) in [5, 5.41) is 12.2. The molecule has 0 unspecified atom stereocenters. The molecule has 7 heteroatoms. The molecule has 1 aliphatic carbocycles. The Morgan fingerprint density at radius 3 is 2.71 bits per heavy atom. The molecule has 0 spiro atoms. The van der Waals surface area contributed by atoms with E-state index >= 15 is 0 Å². The zero-order valence-corrected chi connectivity index (χ0v) is 12.3. The lowest BCUT2D eigenvalue weighted by atomic mass is 10.2. The third-order valence-corrected chi connectivity index (χ3v) is 3.21. The molecule has 1 aromatic carbocycles. The highest BCUT2D eigenvalue weighted by Gasteiger charge is 2.23. The van der Waals surface area contributed by atoms with Crippen LogP contribution in [0, 0.1) is 0 Å². The number of hydrogen-bond acceptors (Lipinski definition) is 4. The molecule has 0 aromatic heterocycles. The molecule has 1 amide bonds. The summed E-state index contributed by atoms with van der Waals surface area (Å²) >= 11 is 5.83. The second-order valence-corrected chi connectivity index (χ2v) is 5.17. The number of benzene rings is 1. The van der Waals surface area contributed by atoms with E-state index in [1.165, 1.54) is 19.2 Å². The van der Waals surface area contributed by atoms with Gasteiger partial charge in [0.25, 0.3) is 0 Å². The number of halogens is 1. The zero-order valence-electron chi connectivity index (χ0n) is 11.5. The number of nitrogens with one attached hydrogen (secondary N) is 1. The van der Waals surface area contributed by atoms with Crippen molar-refractivity contribution in [2.24, 2.45) is 0 Å². The van der Waals surface area contributed by atoms with Crippen molar-refractivity contribution >= 4 is 23.5 Å². The van der Waals surface area contributed by atoms with Crippen LogP contribution in [0.2, 0.25) is 5.02 Å². The summed E-state index contributed by atoms with van der Waals surface area (Å²) in [6.07, 6.45) is 2.18. The Bertz CT molecular complexity index is 557. The van der Waals surface area contributed by atoms with E-state index in [-0.39, 0.29) is 47.1 Å². The number of methoxy groups -OCH3 is 1. The van der Waals surface area contributed by atoms with Gasteiger partial charge in [-0.1, -0.05) is 11.6 Å². The van der Waals surface area contributed by atoms with E-state index in [1.54, 1.807) is 0 Å². The average molecular weight is 314 g/mol. The first-order chi connectivity index (χ1) is 10.0. The van der Waals surface area contributed by atoms with E-state index in [0.717, 1.165) is 12.8 Å². The molecule has 0 heterocycles. The molecule has 1 aliphatic rings. The summed E-state index contributed by atoms with van der Waals surface area (Å²) in [6, 6.07) is 3.04. The molecule has 0 saturated heterocycles. The molecule has 0 radical (unpaired) electrons. The standard InChI is InChI=1S/C14H16ClNO5/c1-20-11-7-8(15)6-10(14(18)19)13(11)21-5-4-12(17)16-9-2-3-9/h6-7,9H,2-5H2,1H3,(H,16,17)(H,18,19). The van der Waals surface area contributed by atoms with Gasteiger partial charge in [0.15, 0.2) is 11.5 Å². The molecule has 1 aromatic rings. The minimum Gasteiger partial charge on any atom is -0.493 e. The molecular weight excluding hydrogens is 298 g/mol. The van der Waals surface area contributed by atoms with Crippen LogP contribution in [0.15, 0.2) is 12.1 Å². The van der Waals surface area contributed by atoms with Crippen molar-refractivity contribution in [2.75, 3.05) is 13.7 Å². The fourth-order valence-electron chi connectivity index (χ4n) is 1.80. The van der Waals surface area contributed by atoms with Gasteiger partial charge in [0, 0.05) is 17.1 Å². The lowest BCUT2D eigenvalue weighted by Gasteiger charge is -2.13. The van der Waals surface area contributed by atoms with Crippen molar-refractivity contribution in [2.45, 2.75) is 25.3 Å². The highest BCUT2D eigenvalue weighted by atomic mass is 35.5. The normalized spacial score (nSPS) is 13.6. The van der Waals surface area contributed by atoms with Crippen molar-refractivity contribution in [3.63, 3.8) is 0 Å². The molecule has 0 atom stereocenters.